The van der Waals surface area contributed by atoms with Crippen molar-refractivity contribution < 1.29 is 44.5 Å². The molecule has 0 radical (unpaired) electrons. The third kappa shape index (κ3) is 2.90. The standard InChI is InChI=1S/C15H16O10/c16-4-8-9(19)10(20)11(21)15(24-8)25-14-7(18)3-5-6(17)1-2-23-13(5)12(14)22/h1-3,8-11,15-16,18-22H,4H2. The Hall–Kier alpha value is -2.37. The van der Waals surface area contributed by atoms with E-state index in [1.165, 1.54) is 0 Å². The van der Waals surface area contributed by atoms with Crippen LogP contribution in [0.25, 0.3) is 11.0 Å². The highest BCUT2D eigenvalue weighted by molar-refractivity contribution is 5.87. The molecule has 2 aromatic rings. The normalized spacial score (nSPS) is 29.7. The highest BCUT2D eigenvalue weighted by Gasteiger charge is 2.45. The van der Waals surface area contributed by atoms with E-state index in [1.807, 2.05) is 0 Å². The van der Waals surface area contributed by atoms with Crippen molar-refractivity contribution in [3.63, 3.8) is 0 Å². The quantitative estimate of drug-likeness (QED) is 0.376. The van der Waals surface area contributed by atoms with Crippen LogP contribution >= 0.6 is 0 Å². The minimum absolute atomic E-state index is 0.0985. The van der Waals surface area contributed by atoms with Gasteiger partial charge in [0.2, 0.25) is 17.8 Å². The van der Waals surface area contributed by atoms with Crippen molar-refractivity contribution >= 4 is 11.0 Å². The Morgan fingerprint density at radius 1 is 1.12 bits per heavy atom. The predicted molar refractivity (Wildman–Crippen MR) is 80.2 cm³/mol. The van der Waals surface area contributed by atoms with Gasteiger partial charge in [-0.3, -0.25) is 4.79 Å². The molecule has 136 valence electrons. The second-order valence-electron chi connectivity index (χ2n) is 5.55. The molecule has 1 aromatic carbocycles. The van der Waals surface area contributed by atoms with Crippen molar-refractivity contribution in [2.45, 2.75) is 30.7 Å². The molecule has 10 heteroatoms. The zero-order chi connectivity index (χ0) is 18.3. The Bertz CT molecular complexity index is 829. The molecule has 10 nitrogen and oxygen atoms in total. The summed E-state index contributed by atoms with van der Waals surface area (Å²) in [6, 6.07) is 2.10. The van der Waals surface area contributed by atoms with Gasteiger partial charge >= 0.3 is 0 Å². The largest absolute Gasteiger partial charge is 0.504 e. The summed E-state index contributed by atoms with van der Waals surface area (Å²) < 4.78 is 15.4. The van der Waals surface area contributed by atoms with Crippen LogP contribution in [0.3, 0.4) is 0 Å². The monoisotopic (exact) mass is 356 g/mol. The van der Waals surface area contributed by atoms with Crippen molar-refractivity contribution in [2.24, 2.45) is 0 Å². The van der Waals surface area contributed by atoms with E-state index in [4.69, 9.17) is 19.0 Å². The van der Waals surface area contributed by atoms with E-state index in [-0.39, 0.29) is 11.0 Å². The van der Waals surface area contributed by atoms with E-state index in [9.17, 15) is 30.3 Å². The second-order valence-corrected chi connectivity index (χ2v) is 5.55. The molecule has 0 saturated carbocycles. The highest BCUT2D eigenvalue weighted by atomic mass is 16.7. The Balaban J connectivity index is 1.99. The summed E-state index contributed by atoms with van der Waals surface area (Å²) in [5.74, 6) is -1.92. The molecular formula is C15H16O10. The van der Waals surface area contributed by atoms with Gasteiger partial charge in [-0.15, -0.1) is 0 Å². The van der Waals surface area contributed by atoms with Crippen molar-refractivity contribution in [3.05, 3.63) is 28.6 Å². The maximum Gasteiger partial charge on any atom is 0.229 e. The summed E-state index contributed by atoms with van der Waals surface area (Å²) in [6.45, 7) is -0.671. The lowest BCUT2D eigenvalue weighted by Crippen LogP contribution is -2.60. The van der Waals surface area contributed by atoms with Crippen LogP contribution in [0.15, 0.2) is 27.6 Å². The lowest BCUT2D eigenvalue weighted by Gasteiger charge is -2.39. The second kappa shape index (κ2) is 6.50. The van der Waals surface area contributed by atoms with Gasteiger partial charge in [-0.2, -0.15) is 0 Å². The van der Waals surface area contributed by atoms with Gasteiger partial charge < -0.3 is 44.5 Å². The molecule has 25 heavy (non-hydrogen) atoms. The molecular weight excluding hydrogens is 340 g/mol. The van der Waals surface area contributed by atoms with Crippen LogP contribution in [0.5, 0.6) is 17.2 Å². The summed E-state index contributed by atoms with van der Waals surface area (Å²) in [5, 5.41) is 58.7. The number of benzene rings is 1. The third-order valence-electron chi connectivity index (χ3n) is 3.94. The average Bonchev–Trinajstić information content (AvgIpc) is 2.59. The highest BCUT2D eigenvalue weighted by Crippen LogP contribution is 2.42. The number of aliphatic hydroxyl groups excluding tert-OH is 4. The lowest BCUT2D eigenvalue weighted by molar-refractivity contribution is -0.277. The minimum Gasteiger partial charge on any atom is -0.504 e. The molecule has 0 amide bonds. The Morgan fingerprint density at radius 3 is 2.52 bits per heavy atom. The summed E-state index contributed by atoms with van der Waals surface area (Å²) in [7, 11) is 0. The van der Waals surface area contributed by atoms with E-state index >= 15 is 0 Å². The Morgan fingerprint density at radius 2 is 1.84 bits per heavy atom. The van der Waals surface area contributed by atoms with E-state index < -0.39 is 60.0 Å². The number of ether oxygens (including phenoxy) is 2. The average molecular weight is 356 g/mol. The first-order valence-corrected chi connectivity index (χ1v) is 7.28. The molecule has 5 atom stereocenters. The fourth-order valence-electron chi connectivity index (χ4n) is 2.57. The van der Waals surface area contributed by atoms with Gasteiger partial charge in [-0.25, -0.2) is 0 Å². The van der Waals surface area contributed by atoms with Gasteiger partial charge in [0, 0.05) is 6.07 Å². The number of phenolic OH excluding ortho intramolecular Hbond substituents is 2. The fourth-order valence-corrected chi connectivity index (χ4v) is 2.57. The zero-order valence-electron chi connectivity index (χ0n) is 12.6. The Kier molecular flexibility index (Phi) is 4.54. The minimum atomic E-state index is -1.74. The number of phenols is 2. The molecule has 2 heterocycles. The number of hydrogen-bond donors (Lipinski definition) is 6. The fraction of sp³-hybridized carbons (Fsp3) is 0.400. The van der Waals surface area contributed by atoms with E-state index in [0.29, 0.717) is 0 Å². The third-order valence-corrected chi connectivity index (χ3v) is 3.94. The summed E-state index contributed by atoms with van der Waals surface area (Å²) in [5.41, 5.74) is -0.767. The van der Waals surface area contributed by atoms with Gasteiger partial charge in [0.05, 0.1) is 18.3 Å². The van der Waals surface area contributed by atoms with Crippen LogP contribution in [0.2, 0.25) is 0 Å². The molecule has 0 spiro atoms. The van der Waals surface area contributed by atoms with E-state index in [2.05, 4.69) is 0 Å². The molecule has 1 aliphatic heterocycles. The van der Waals surface area contributed by atoms with Crippen molar-refractivity contribution in [1.29, 1.82) is 0 Å². The van der Waals surface area contributed by atoms with E-state index in [1.54, 1.807) is 0 Å². The van der Waals surface area contributed by atoms with Gasteiger partial charge in [0.25, 0.3) is 0 Å². The number of rotatable bonds is 3. The van der Waals surface area contributed by atoms with Crippen LogP contribution < -0.4 is 10.2 Å². The van der Waals surface area contributed by atoms with Crippen LogP contribution in [0.4, 0.5) is 0 Å². The van der Waals surface area contributed by atoms with Gasteiger partial charge in [0.1, 0.15) is 24.4 Å². The lowest BCUT2D eigenvalue weighted by atomic mass is 9.99. The number of aliphatic hydroxyl groups is 4. The number of hydrogen-bond acceptors (Lipinski definition) is 10. The molecule has 5 unspecified atom stereocenters. The zero-order valence-corrected chi connectivity index (χ0v) is 12.6. The van der Waals surface area contributed by atoms with Crippen molar-refractivity contribution in [2.75, 3.05) is 6.61 Å². The van der Waals surface area contributed by atoms with Crippen molar-refractivity contribution in [3.8, 4) is 17.2 Å². The first-order valence-electron chi connectivity index (χ1n) is 7.28. The number of aromatic hydroxyl groups is 2. The molecule has 6 N–H and O–H groups in total. The topological polar surface area (TPSA) is 170 Å². The first-order chi connectivity index (χ1) is 11.8. The molecule has 1 saturated heterocycles. The SMILES string of the molecule is O=c1ccoc2c(O)c(OC3OC(CO)C(O)C(O)C3O)c(O)cc12. The predicted octanol–water partition coefficient (Wildman–Crippen LogP) is -1.62. The smallest absolute Gasteiger partial charge is 0.229 e. The van der Waals surface area contributed by atoms with Gasteiger partial charge in [-0.1, -0.05) is 0 Å². The van der Waals surface area contributed by atoms with Crippen LogP contribution in [-0.2, 0) is 4.74 Å². The summed E-state index contributed by atoms with van der Waals surface area (Å²) in [4.78, 5) is 11.7. The van der Waals surface area contributed by atoms with Crippen LogP contribution in [0, 0.1) is 0 Å². The van der Waals surface area contributed by atoms with Gasteiger partial charge in [0.15, 0.2) is 16.8 Å². The van der Waals surface area contributed by atoms with Crippen LogP contribution in [-0.4, -0.2) is 68.0 Å². The maximum absolute atomic E-state index is 11.7. The van der Waals surface area contributed by atoms with Gasteiger partial charge in [-0.05, 0) is 6.07 Å². The molecule has 1 fully saturated rings. The molecule has 3 rings (SSSR count). The molecule has 1 aliphatic rings. The maximum atomic E-state index is 11.7. The first kappa shape index (κ1) is 17.5. The summed E-state index contributed by atoms with van der Waals surface area (Å²) in [6.07, 6.45) is -6.84. The molecule has 0 aliphatic carbocycles. The van der Waals surface area contributed by atoms with E-state index in [0.717, 1.165) is 18.4 Å². The van der Waals surface area contributed by atoms with Crippen LogP contribution in [0.1, 0.15) is 0 Å². The molecule has 0 bridgehead atoms. The number of fused-ring (bicyclic) bond motifs is 1. The summed E-state index contributed by atoms with van der Waals surface area (Å²) >= 11 is 0. The van der Waals surface area contributed by atoms with Crippen molar-refractivity contribution in [1.82, 2.24) is 0 Å². The molecule has 1 aromatic heterocycles. The Labute approximate surface area is 139 Å².